The number of hydrogen-bond donors (Lipinski definition) is 0. The van der Waals surface area contributed by atoms with Gasteiger partial charge >= 0.3 is 12.1 Å². The Hall–Kier alpha value is -2.08. The molecule has 0 bridgehead atoms. The van der Waals surface area contributed by atoms with Crippen LogP contribution < -0.4 is 0 Å². The molecule has 0 spiro atoms. The molecular weight excluding hydrogens is 308 g/mol. The first kappa shape index (κ1) is 20.0. The van der Waals surface area contributed by atoms with Crippen LogP contribution in [0.3, 0.4) is 0 Å². The van der Waals surface area contributed by atoms with E-state index < -0.39 is 5.60 Å². The van der Waals surface area contributed by atoms with Gasteiger partial charge in [0.05, 0.1) is 6.54 Å². The molecule has 0 heterocycles. The first-order valence-electron chi connectivity index (χ1n) is 7.99. The van der Waals surface area contributed by atoms with Crippen molar-refractivity contribution in [1.82, 2.24) is 9.80 Å². The second-order valence-electron chi connectivity index (χ2n) is 6.79. The number of carbonyl (C=O) groups excluding carboxylic acids is 2. The molecule has 1 rings (SSSR count). The normalized spacial score (nSPS) is 11.2. The van der Waals surface area contributed by atoms with Gasteiger partial charge in [0.2, 0.25) is 0 Å². The molecule has 6 heteroatoms. The summed E-state index contributed by atoms with van der Waals surface area (Å²) in [7, 11) is 3.49. The second kappa shape index (κ2) is 9.27. The fraction of sp³-hybridized carbons (Fsp3) is 0.556. The van der Waals surface area contributed by atoms with Crippen molar-refractivity contribution >= 4 is 12.1 Å². The van der Waals surface area contributed by atoms with Crippen molar-refractivity contribution in [2.45, 2.75) is 33.0 Å². The summed E-state index contributed by atoms with van der Waals surface area (Å²) in [6.07, 6.45) is -0.373. The Bertz CT molecular complexity index is 526. The maximum Gasteiger partial charge on any atom is 0.410 e. The number of benzene rings is 1. The highest BCUT2D eigenvalue weighted by Crippen LogP contribution is 2.09. The van der Waals surface area contributed by atoms with E-state index in [0.29, 0.717) is 13.1 Å². The zero-order chi connectivity index (χ0) is 18.2. The second-order valence-corrected chi connectivity index (χ2v) is 6.79. The van der Waals surface area contributed by atoms with Crippen molar-refractivity contribution < 1.29 is 19.1 Å². The van der Waals surface area contributed by atoms with E-state index in [4.69, 9.17) is 9.47 Å². The molecule has 24 heavy (non-hydrogen) atoms. The number of amides is 1. The van der Waals surface area contributed by atoms with E-state index in [9.17, 15) is 9.59 Å². The van der Waals surface area contributed by atoms with Crippen molar-refractivity contribution in [1.29, 1.82) is 0 Å². The minimum absolute atomic E-state index is 0.176. The van der Waals surface area contributed by atoms with Crippen LogP contribution in [-0.2, 0) is 20.9 Å². The van der Waals surface area contributed by atoms with Crippen molar-refractivity contribution in [3.05, 3.63) is 35.9 Å². The molecule has 6 nitrogen and oxygen atoms in total. The first-order chi connectivity index (χ1) is 11.2. The molecule has 1 aromatic rings. The van der Waals surface area contributed by atoms with Crippen molar-refractivity contribution in [3.63, 3.8) is 0 Å². The molecule has 0 atom stereocenters. The summed E-state index contributed by atoms with van der Waals surface area (Å²) < 4.78 is 10.5. The molecule has 0 saturated carbocycles. The van der Waals surface area contributed by atoms with Gasteiger partial charge in [0.1, 0.15) is 12.2 Å². The van der Waals surface area contributed by atoms with E-state index in [1.165, 1.54) is 4.90 Å². The monoisotopic (exact) mass is 336 g/mol. The summed E-state index contributed by atoms with van der Waals surface area (Å²) in [6, 6.07) is 9.55. The quantitative estimate of drug-likeness (QED) is 0.716. The van der Waals surface area contributed by atoms with Crippen LogP contribution in [0.4, 0.5) is 4.79 Å². The van der Waals surface area contributed by atoms with Gasteiger partial charge in [-0.05, 0) is 33.4 Å². The Labute approximate surface area is 144 Å². The maximum atomic E-state index is 11.8. The third-order valence-electron chi connectivity index (χ3n) is 3.16. The smallest absolute Gasteiger partial charge is 0.410 e. The predicted octanol–water partition coefficient (Wildman–Crippen LogP) is 2.53. The van der Waals surface area contributed by atoms with E-state index in [1.807, 2.05) is 63.1 Å². The average molecular weight is 336 g/mol. The summed E-state index contributed by atoms with van der Waals surface area (Å²) in [5.74, 6) is -0.290. The van der Waals surface area contributed by atoms with Crippen LogP contribution in [0.1, 0.15) is 26.3 Å². The minimum Gasteiger partial charge on any atom is -0.460 e. The predicted molar refractivity (Wildman–Crippen MR) is 92.6 cm³/mol. The summed E-state index contributed by atoms with van der Waals surface area (Å²) in [5, 5.41) is 0. The van der Waals surface area contributed by atoms with Gasteiger partial charge in [-0.1, -0.05) is 30.3 Å². The van der Waals surface area contributed by atoms with Crippen molar-refractivity contribution in [2.24, 2.45) is 0 Å². The van der Waals surface area contributed by atoms with Crippen LogP contribution >= 0.6 is 0 Å². The zero-order valence-corrected chi connectivity index (χ0v) is 15.2. The molecule has 134 valence electrons. The fourth-order valence-corrected chi connectivity index (χ4v) is 1.83. The SMILES string of the molecule is CN(CCN(C)C(=O)OC(C)(C)C)CC(=O)OCc1ccccc1. The Kier molecular flexibility index (Phi) is 7.71. The van der Waals surface area contributed by atoms with Gasteiger partial charge in [-0.3, -0.25) is 9.69 Å². The van der Waals surface area contributed by atoms with Gasteiger partial charge in [0, 0.05) is 20.1 Å². The summed E-state index contributed by atoms with van der Waals surface area (Å²) in [5.41, 5.74) is 0.441. The Morgan fingerprint density at radius 3 is 2.25 bits per heavy atom. The molecule has 0 saturated heterocycles. The number of hydrogen-bond acceptors (Lipinski definition) is 5. The van der Waals surface area contributed by atoms with Crippen LogP contribution in [0.2, 0.25) is 0 Å². The Morgan fingerprint density at radius 2 is 1.67 bits per heavy atom. The van der Waals surface area contributed by atoms with E-state index in [2.05, 4.69) is 0 Å². The van der Waals surface area contributed by atoms with Gasteiger partial charge < -0.3 is 14.4 Å². The van der Waals surface area contributed by atoms with Crippen LogP contribution in [0.5, 0.6) is 0 Å². The van der Waals surface area contributed by atoms with E-state index in [0.717, 1.165) is 5.56 Å². The van der Waals surface area contributed by atoms with Crippen LogP contribution in [-0.4, -0.2) is 61.2 Å². The number of nitrogens with zero attached hydrogens (tertiary/aromatic N) is 2. The van der Waals surface area contributed by atoms with E-state index in [1.54, 1.807) is 7.05 Å². The highest BCUT2D eigenvalue weighted by Gasteiger charge is 2.19. The highest BCUT2D eigenvalue weighted by atomic mass is 16.6. The molecule has 0 aromatic heterocycles. The number of ether oxygens (including phenoxy) is 2. The van der Waals surface area contributed by atoms with Crippen molar-refractivity contribution in [2.75, 3.05) is 33.7 Å². The molecule has 1 aromatic carbocycles. The lowest BCUT2D eigenvalue weighted by Gasteiger charge is -2.26. The average Bonchev–Trinajstić information content (AvgIpc) is 2.50. The summed E-state index contributed by atoms with van der Waals surface area (Å²) in [4.78, 5) is 27.0. The molecule has 0 aliphatic rings. The summed E-state index contributed by atoms with van der Waals surface area (Å²) in [6.45, 7) is 6.95. The lowest BCUT2D eigenvalue weighted by Crippen LogP contribution is -2.39. The topological polar surface area (TPSA) is 59.1 Å². The maximum absolute atomic E-state index is 11.8. The zero-order valence-electron chi connectivity index (χ0n) is 15.2. The van der Waals surface area contributed by atoms with Gasteiger partial charge in [-0.15, -0.1) is 0 Å². The van der Waals surface area contributed by atoms with Crippen LogP contribution in [0.15, 0.2) is 30.3 Å². The number of carbonyl (C=O) groups is 2. The lowest BCUT2D eigenvalue weighted by molar-refractivity contribution is -0.145. The summed E-state index contributed by atoms with van der Waals surface area (Å²) >= 11 is 0. The number of likely N-dealkylation sites (N-methyl/N-ethyl adjacent to an activating group) is 2. The third kappa shape index (κ3) is 8.53. The lowest BCUT2D eigenvalue weighted by atomic mass is 10.2. The molecule has 0 radical (unpaired) electrons. The third-order valence-corrected chi connectivity index (χ3v) is 3.16. The van der Waals surface area contributed by atoms with Gasteiger partial charge in [-0.2, -0.15) is 0 Å². The highest BCUT2D eigenvalue weighted by molar-refractivity contribution is 5.71. The Balaban J connectivity index is 2.26. The molecule has 0 aliphatic heterocycles. The Morgan fingerprint density at radius 1 is 1.04 bits per heavy atom. The molecule has 0 N–H and O–H groups in total. The standard InChI is InChI=1S/C18H28N2O4/c1-18(2,3)24-17(22)20(5)12-11-19(4)13-16(21)23-14-15-9-7-6-8-10-15/h6-10H,11-14H2,1-5H3. The van der Waals surface area contributed by atoms with Gasteiger partial charge in [0.15, 0.2) is 0 Å². The molecular formula is C18H28N2O4. The number of esters is 1. The largest absolute Gasteiger partial charge is 0.460 e. The first-order valence-corrected chi connectivity index (χ1v) is 7.99. The fourth-order valence-electron chi connectivity index (χ4n) is 1.83. The number of rotatable bonds is 7. The van der Waals surface area contributed by atoms with Crippen LogP contribution in [0.25, 0.3) is 0 Å². The molecule has 0 fully saturated rings. The van der Waals surface area contributed by atoms with Crippen LogP contribution in [0, 0.1) is 0 Å². The van der Waals surface area contributed by atoms with E-state index in [-0.39, 0.29) is 25.2 Å². The molecule has 0 unspecified atom stereocenters. The van der Waals surface area contributed by atoms with Gasteiger partial charge in [0.25, 0.3) is 0 Å². The minimum atomic E-state index is -0.515. The van der Waals surface area contributed by atoms with E-state index >= 15 is 0 Å². The van der Waals surface area contributed by atoms with Crippen molar-refractivity contribution in [3.8, 4) is 0 Å². The molecule has 1 amide bonds. The van der Waals surface area contributed by atoms with Gasteiger partial charge in [-0.25, -0.2) is 4.79 Å². The molecule has 0 aliphatic carbocycles.